The summed E-state index contributed by atoms with van der Waals surface area (Å²) in [5, 5.41) is 3.78. The largest absolute Gasteiger partial charge is 0.492 e. The summed E-state index contributed by atoms with van der Waals surface area (Å²) in [5.74, 6) is 0.455. The molecule has 2 heterocycles. The normalized spacial score (nSPS) is 14.2. The van der Waals surface area contributed by atoms with Gasteiger partial charge in [-0.1, -0.05) is 23.9 Å². The number of thiophene rings is 1. The number of carbonyl (C=O) groups excluding carboxylic acids is 1. The first-order valence-corrected chi connectivity index (χ1v) is 13.0. The monoisotopic (exact) mass is 487 g/mol. The molecule has 7 nitrogen and oxygen atoms in total. The van der Waals surface area contributed by atoms with Crippen molar-refractivity contribution in [3.8, 4) is 5.75 Å². The Morgan fingerprint density at radius 1 is 1.30 bits per heavy atom. The Balaban J connectivity index is 1.63. The van der Waals surface area contributed by atoms with Crippen LogP contribution in [0.15, 0.2) is 34.2 Å². The zero-order valence-corrected chi connectivity index (χ0v) is 20.8. The summed E-state index contributed by atoms with van der Waals surface area (Å²) in [6.45, 7) is 5.03. The smallest absolute Gasteiger partial charge is 0.263 e. The van der Waals surface area contributed by atoms with Gasteiger partial charge in [0.2, 0.25) is 5.91 Å². The van der Waals surface area contributed by atoms with E-state index < -0.39 is 5.25 Å². The molecule has 1 N–H and O–H groups in total. The van der Waals surface area contributed by atoms with Gasteiger partial charge in [0.25, 0.3) is 5.56 Å². The minimum Gasteiger partial charge on any atom is -0.492 e. The number of nitrogens with zero attached hydrogens (tertiary/aromatic N) is 2. The summed E-state index contributed by atoms with van der Waals surface area (Å²) in [6, 6.07) is 7.36. The van der Waals surface area contributed by atoms with Crippen molar-refractivity contribution < 1.29 is 14.3 Å². The summed E-state index contributed by atoms with van der Waals surface area (Å²) in [7, 11) is 1.61. The van der Waals surface area contributed by atoms with Gasteiger partial charge < -0.3 is 14.8 Å². The number of aromatic nitrogens is 2. The second-order valence-corrected chi connectivity index (χ2v) is 10.3. The Bertz CT molecular complexity index is 1200. The van der Waals surface area contributed by atoms with Crippen LogP contribution in [0.5, 0.6) is 5.75 Å². The molecular formula is C24H29N3O4S2. The summed E-state index contributed by atoms with van der Waals surface area (Å²) in [5.41, 5.74) is 1.76. The lowest BCUT2D eigenvalue weighted by Gasteiger charge is -2.17. The second-order valence-electron chi connectivity index (χ2n) is 7.91. The van der Waals surface area contributed by atoms with E-state index in [4.69, 9.17) is 14.5 Å². The molecular weight excluding hydrogens is 458 g/mol. The average molecular weight is 488 g/mol. The minimum absolute atomic E-state index is 0.0340. The van der Waals surface area contributed by atoms with Gasteiger partial charge in [-0.3, -0.25) is 14.2 Å². The average Bonchev–Trinajstić information content (AvgIpc) is 3.18. The molecule has 0 fully saturated rings. The molecule has 0 saturated carbocycles. The van der Waals surface area contributed by atoms with Gasteiger partial charge in [0.15, 0.2) is 5.16 Å². The number of carbonyl (C=O) groups is 1. The first-order chi connectivity index (χ1) is 16.0. The number of hydrogen-bond acceptors (Lipinski definition) is 7. The molecule has 9 heteroatoms. The van der Waals surface area contributed by atoms with Gasteiger partial charge in [0.05, 0.1) is 36.1 Å². The van der Waals surface area contributed by atoms with E-state index in [1.54, 1.807) is 23.0 Å². The Labute approximate surface area is 201 Å². The van der Waals surface area contributed by atoms with Crippen LogP contribution in [0.25, 0.3) is 10.2 Å². The fourth-order valence-electron chi connectivity index (χ4n) is 3.99. The Kier molecular flexibility index (Phi) is 7.72. The summed E-state index contributed by atoms with van der Waals surface area (Å²) in [4.78, 5) is 33.4. The van der Waals surface area contributed by atoms with Gasteiger partial charge in [0, 0.05) is 12.0 Å². The van der Waals surface area contributed by atoms with E-state index in [1.807, 2.05) is 38.1 Å². The molecule has 1 aromatic carbocycles. The van der Waals surface area contributed by atoms with Crippen LogP contribution < -0.4 is 15.6 Å². The second kappa shape index (κ2) is 10.7. The Morgan fingerprint density at radius 3 is 2.88 bits per heavy atom. The number of rotatable bonds is 9. The quantitative estimate of drug-likeness (QED) is 0.353. The van der Waals surface area contributed by atoms with Crippen molar-refractivity contribution in [1.29, 1.82) is 0 Å². The van der Waals surface area contributed by atoms with Crippen LogP contribution in [-0.4, -0.2) is 41.0 Å². The molecule has 1 unspecified atom stereocenters. The van der Waals surface area contributed by atoms with Crippen molar-refractivity contribution in [2.24, 2.45) is 0 Å². The number of amides is 1. The molecule has 1 aliphatic carbocycles. The minimum atomic E-state index is -0.465. The molecule has 1 amide bonds. The molecule has 33 heavy (non-hydrogen) atoms. The zero-order chi connectivity index (χ0) is 23.4. The molecule has 0 spiro atoms. The molecule has 0 radical (unpaired) electrons. The maximum absolute atomic E-state index is 13.5. The molecule has 0 bridgehead atoms. The Morgan fingerprint density at radius 2 is 2.09 bits per heavy atom. The summed E-state index contributed by atoms with van der Waals surface area (Å²) >= 11 is 2.91. The summed E-state index contributed by atoms with van der Waals surface area (Å²) in [6.07, 6.45) is 4.20. The van der Waals surface area contributed by atoms with Gasteiger partial charge in [-0.2, -0.15) is 0 Å². The van der Waals surface area contributed by atoms with Crippen molar-refractivity contribution >= 4 is 44.9 Å². The highest BCUT2D eigenvalue weighted by Crippen LogP contribution is 2.35. The standard InChI is InChI=1S/C24H29N3O4S2/c1-4-31-18-11-7-6-10-17(18)25-21(28)15(2)32-24-26-22-20(23(29)27(24)13-14-30-3)16-9-5-8-12-19(16)33-22/h6-7,10-11,15H,4-5,8-9,12-14H2,1-3H3,(H,25,28). The number of fused-ring (bicyclic) bond motifs is 3. The van der Waals surface area contributed by atoms with Gasteiger partial charge >= 0.3 is 0 Å². The van der Waals surface area contributed by atoms with Crippen molar-refractivity contribution in [3.63, 3.8) is 0 Å². The predicted octanol–water partition coefficient (Wildman–Crippen LogP) is 4.50. The van der Waals surface area contributed by atoms with Gasteiger partial charge in [-0.15, -0.1) is 11.3 Å². The third kappa shape index (κ3) is 5.10. The van der Waals surface area contributed by atoms with E-state index in [0.717, 1.165) is 35.9 Å². The van der Waals surface area contributed by atoms with E-state index in [1.165, 1.54) is 22.2 Å². The van der Waals surface area contributed by atoms with Crippen molar-refractivity contribution in [2.75, 3.05) is 25.6 Å². The van der Waals surface area contributed by atoms with Crippen LogP contribution in [0.3, 0.4) is 0 Å². The molecule has 4 rings (SSSR count). The van der Waals surface area contributed by atoms with Gasteiger partial charge in [0.1, 0.15) is 10.6 Å². The number of hydrogen-bond donors (Lipinski definition) is 1. The third-order valence-electron chi connectivity index (χ3n) is 5.66. The predicted molar refractivity (Wildman–Crippen MR) is 134 cm³/mol. The maximum Gasteiger partial charge on any atom is 0.263 e. The number of methoxy groups -OCH3 is 1. The molecule has 1 aliphatic rings. The van der Waals surface area contributed by atoms with Crippen LogP contribution in [0.4, 0.5) is 5.69 Å². The van der Waals surface area contributed by atoms with Crippen LogP contribution in [-0.2, 0) is 28.9 Å². The molecule has 2 aromatic heterocycles. The highest BCUT2D eigenvalue weighted by atomic mass is 32.2. The van der Waals surface area contributed by atoms with Crippen LogP contribution in [0.1, 0.15) is 37.1 Å². The summed E-state index contributed by atoms with van der Waals surface area (Å²) < 4.78 is 12.5. The molecule has 3 aromatic rings. The highest BCUT2D eigenvalue weighted by Gasteiger charge is 2.24. The van der Waals surface area contributed by atoms with Gasteiger partial charge in [-0.25, -0.2) is 4.98 Å². The van der Waals surface area contributed by atoms with Crippen molar-refractivity contribution in [3.05, 3.63) is 45.1 Å². The number of benzene rings is 1. The highest BCUT2D eigenvalue weighted by molar-refractivity contribution is 8.00. The third-order valence-corrected chi connectivity index (χ3v) is 7.93. The van der Waals surface area contributed by atoms with Crippen LogP contribution >= 0.6 is 23.1 Å². The number of aryl methyl sites for hydroxylation is 2. The molecule has 176 valence electrons. The lowest BCUT2D eigenvalue weighted by molar-refractivity contribution is -0.115. The van der Waals surface area contributed by atoms with Crippen molar-refractivity contribution in [2.45, 2.75) is 56.5 Å². The lowest BCUT2D eigenvalue weighted by Crippen LogP contribution is -2.28. The number of nitrogens with one attached hydrogen (secondary N) is 1. The van der Waals surface area contributed by atoms with E-state index in [9.17, 15) is 9.59 Å². The van der Waals surface area contributed by atoms with E-state index in [-0.39, 0.29) is 11.5 Å². The zero-order valence-electron chi connectivity index (χ0n) is 19.2. The van der Waals surface area contributed by atoms with Gasteiger partial charge in [-0.05, 0) is 57.2 Å². The number of anilines is 1. The maximum atomic E-state index is 13.5. The number of thioether (sulfide) groups is 1. The first kappa shape index (κ1) is 23.8. The topological polar surface area (TPSA) is 82.5 Å². The fraction of sp³-hybridized carbons (Fsp3) is 0.458. The van der Waals surface area contributed by atoms with Crippen LogP contribution in [0.2, 0.25) is 0 Å². The fourth-order valence-corrected chi connectivity index (χ4v) is 6.22. The molecule has 0 aliphatic heterocycles. The molecule has 0 saturated heterocycles. The van der Waals surface area contributed by atoms with E-state index in [0.29, 0.717) is 36.4 Å². The Hall–Kier alpha value is -2.36. The van der Waals surface area contributed by atoms with Crippen molar-refractivity contribution in [1.82, 2.24) is 9.55 Å². The SMILES string of the molecule is CCOc1ccccc1NC(=O)C(C)Sc1nc2sc3c(c2c(=O)n1CCOC)CCCC3. The lowest BCUT2D eigenvalue weighted by atomic mass is 9.97. The number of ether oxygens (including phenoxy) is 2. The molecule has 1 atom stereocenters. The van der Waals surface area contributed by atoms with E-state index in [2.05, 4.69) is 5.32 Å². The van der Waals surface area contributed by atoms with E-state index >= 15 is 0 Å². The number of para-hydroxylation sites is 2. The first-order valence-electron chi connectivity index (χ1n) is 11.3. The van der Waals surface area contributed by atoms with Crippen LogP contribution in [0, 0.1) is 0 Å².